The van der Waals surface area contributed by atoms with E-state index >= 15 is 0 Å². The summed E-state index contributed by atoms with van der Waals surface area (Å²) in [5.74, 6) is 1.51. The third kappa shape index (κ3) is 5.61. The van der Waals surface area contributed by atoms with Gasteiger partial charge in [0.25, 0.3) is 5.91 Å². The zero-order valence-electron chi connectivity index (χ0n) is 14.6. The summed E-state index contributed by atoms with van der Waals surface area (Å²) >= 11 is 0. The van der Waals surface area contributed by atoms with Gasteiger partial charge >= 0.3 is 0 Å². The minimum atomic E-state index is -0.110. The zero-order valence-corrected chi connectivity index (χ0v) is 14.6. The molecule has 24 heavy (non-hydrogen) atoms. The average Bonchev–Trinajstić information content (AvgIpc) is 2.56. The third-order valence-corrected chi connectivity index (χ3v) is 3.44. The summed E-state index contributed by atoms with van der Waals surface area (Å²) in [6.45, 7) is 7.71. The van der Waals surface area contributed by atoms with Crippen molar-refractivity contribution < 1.29 is 14.3 Å². The van der Waals surface area contributed by atoms with Crippen molar-refractivity contribution in [2.24, 2.45) is 0 Å². The van der Waals surface area contributed by atoms with Gasteiger partial charge in [-0.3, -0.25) is 4.79 Å². The molecule has 0 spiro atoms. The molecule has 4 heteroatoms. The molecule has 1 amide bonds. The first-order chi connectivity index (χ1) is 11.6. The third-order valence-electron chi connectivity index (χ3n) is 3.44. The molecule has 2 aromatic carbocycles. The minimum absolute atomic E-state index is 0.110. The Morgan fingerprint density at radius 3 is 2.17 bits per heavy atom. The van der Waals surface area contributed by atoms with E-state index in [1.54, 1.807) is 12.1 Å². The number of hydrogen-bond donors (Lipinski definition) is 1. The van der Waals surface area contributed by atoms with Crippen molar-refractivity contribution in [3.8, 4) is 11.5 Å². The first-order valence-corrected chi connectivity index (χ1v) is 8.30. The first kappa shape index (κ1) is 17.9. The minimum Gasteiger partial charge on any atom is -0.494 e. The molecule has 0 radical (unpaired) electrons. The van der Waals surface area contributed by atoms with E-state index in [9.17, 15) is 4.79 Å². The standard InChI is InChI=1S/C20H25NO3/c1-4-10-23-18-7-5-17(6-8-18)20(22)21-9-11-24-19-13-15(2)12-16(3)14-19/h5-8,12-14H,4,9-11H2,1-3H3,(H,21,22). The second-order valence-electron chi connectivity index (χ2n) is 5.80. The molecule has 0 atom stereocenters. The largest absolute Gasteiger partial charge is 0.494 e. The van der Waals surface area contributed by atoms with Crippen LogP contribution in [0.25, 0.3) is 0 Å². The van der Waals surface area contributed by atoms with Crippen molar-refractivity contribution in [1.82, 2.24) is 5.32 Å². The van der Waals surface area contributed by atoms with Crippen LogP contribution in [0.5, 0.6) is 11.5 Å². The van der Waals surface area contributed by atoms with Gasteiger partial charge in [0.1, 0.15) is 18.1 Å². The Hall–Kier alpha value is -2.49. The molecule has 2 aromatic rings. The molecule has 0 heterocycles. The molecule has 4 nitrogen and oxygen atoms in total. The van der Waals surface area contributed by atoms with Crippen molar-refractivity contribution in [2.45, 2.75) is 27.2 Å². The number of rotatable bonds is 8. The SMILES string of the molecule is CCCOc1ccc(C(=O)NCCOc2cc(C)cc(C)c2)cc1. The van der Waals surface area contributed by atoms with Gasteiger partial charge in [-0.15, -0.1) is 0 Å². The molecule has 0 bridgehead atoms. The molecule has 0 saturated carbocycles. The maximum absolute atomic E-state index is 12.1. The Balaban J connectivity index is 1.76. The van der Waals surface area contributed by atoms with Gasteiger partial charge in [-0.05, 0) is 67.8 Å². The number of amides is 1. The fraction of sp³-hybridized carbons (Fsp3) is 0.350. The van der Waals surface area contributed by atoms with E-state index in [1.807, 2.05) is 38.1 Å². The van der Waals surface area contributed by atoms with Crippen LogP contribution in [-0.2, 0) is 0 Å². The first-order valence-electron chi connectivity index (χ1n) is 8.30. The van der Waals surface area contributed by atoms with Crippen LogP contribution < -0.4 is 14.8 Å². The lowest BCUT2D eigenvalue weighted by Crippen LogP contribution is -2.28. The zero-order chi connectivity index (χ0) is 17.4. The topological polar surface area (TPSA) is 47.6 Å². The fourth-order valence-corrected chi connectivity index (χ4v) is 2.37. The van der Waals surface area contributed by atoms with Crippen LogP contribution in [0.2, 0.25) is 0 Å². The Kier molecular flexibility index (Phi) is 6.67. The molecule has 0 aliphatic carbocycles. The van der Waals surface area contributed by atoms with E-state index in [-0.39, 0.29) is 5.91 Å². The maximum atomic E-state index is 12.1. The van der Waals surface area contributed by atoms with Gasteiger partial charge < -0.3 is 14.8 Å². The second-order valence-corrected chi connectivity index (χ2v) is 5.80. The number of benzene rings is 2. The van der Waals surface area contributed by atoms with E-state index in [2.05, 4.69) is 18.3 Å². The maximum Gasteiger partial charge on any atom is 0.251 e. The predicted molar refractivity (Wildman–Crippen MR) is 96.0 cm³/mol. The number of nitrogens with one attached hydrogen (secondary N) is 1. The van der Waals surface area contributed by atoms with Crippen LogP contribution in [0.3, 0.4) is 0 Å². The number of carbonyl (C=O) groups excluding carboxylic acids is 1. The lowest BCUT2D eigenvalue weighted by molar-refractivity contribution is 0.0947. The van der Waals surface area contributed by atoms with Crippen LogP contribution in [-0.4, -0.2) is 25.7 Å². The molecule has 2 rings (SSSR count). The van der Waals surface area contributed by atoms with Crippen molar-refractivity contribution >= 4 is 5.91 Å². The molecule has 0 saturated heterocycles. The number of ether oxygens (including phenoxy) is 2. The van der Waals surface area contributed by atoms with Crippen LogP contribution in [0, 0.1) is 13.8 Å². The van der Waals surface area contributed by atoms with E-state index in [4.69, 9.17) is 9.47 Å². The summed E-state index contributed by atoms with van der Waals surface area (Å²) in [7, 11) is 0. The Bertz CT molecular complexity index is 645. The van der Waals surface area contributed by atoms with Crippen molar-refractivity contribution in [3.63, 3.8) is 0 Å². The number of aryl methyl sites for hydroxylation is 2. The van der Waals surface area contributed by atoms with E-state index in [1.165, 1.54) is 11.1 Å². The molecule has 0 unspecified atom stereocenters. The highest BCUT2D eigenvalue weighted by molar-refractivity contribution is 5.94. The lowest BCUT2D eigenvalue weighted by Gasteiger charge is -2.10. The smallest absolute Gasteiger partial charge is 0.251 e. The van der Waals surface area contributed by atoms with Crippen LogP contribution in [0.15, 0.2) is 42.5 Å². The van der Waals surface area contributed by atoms with Crippen molar-refractivity contribution in [1.29, 1.82) is 0 Å². The van der Waals surface area contributed by atoms with Crippen LogP contribution in [0.1, 0.15) is 34.8 Å². The Morgan fingerprint density at radius 1 is 0.917 bits per heavy atom. The summed E-state index contributed by atoms with van der Waals surface area (Å²) in [5, 5.41) is 2.86. The monoisotopic (exact) mass is 327 g/mol. The van der Waals surface area contributed by atoms with Gasteiger partial charge in [0.2, 0.25) is 0 Å². The Labute approximate surface area is 143 Å². The molecule has 0 aliphatic heterocycles. The summed E-state index contributed by atoms with van der Waals surface area (Å²) in [6.07, 6.45) is 0.961. The van der Waals surface area contributed by atoms with Gasteiger partial charge in [-0.2, -0.15) is 0 Å². The summed E-state index contributed by atoms with van der Waals surface area (Å²) < 4.78 is 11.2. The summed E-state index contributed by atoms with van der Waals surface area (Å²) in [5.41, 5.74) is 2.95. The van der Waals surface area contributed by atoms with Gasteiger partial charge in [-0.1, -0.05) is 13.0 Å². The highest BCUT2D eigenvalue weighted by Crippen LogP contribution is 2.16. The van der Waals surface area contributed by atoms with Crippen LogP contribution >= 0.6 is 0 Å². The normalized spacial score (nSPS) is 10.3. The van der Waals surface area contributed by atoms with Gasteiger partial charge in [0.05, 0.1) is 13.2 Å². The van der Waals surface area contributed by atoms with Crippen molar-refractivity contribution in [2.75, 3.05) is 19.8 Å². The van der Waals surface area contributed by atoms with E-state index < -0.39 is 0 Å². The summed E-state index contributed by atoms with van der Waals surface area (Å²) in [4.78, 5) is 12.1. The lowest BCUT2D eigenvalue weighted by atomic mass is 10.1. The molecular weight excluding hydrogens is 302 g/mol. The molecule has 0 aromatic heterocycles. The summed E-state index contributed by atoms with van der Waals surface area (Å²) in [6, 6.07) is 13.2. The Morgan fingerprint density at radius 2 is 1.54 bits per heavy atom. The fourth-order valence-electron chi connectivity index (χ4n) is 2.37. The van der Waals surface area contributed by atoms with E-state index in [0.717, 1.165) is 17.9 Å². The highest BCUT2D eigenvalue weighted by Gasteiger charge is 2.05. The quantitative estimate of drug-likeness (QED) is 0.748. The molecular formula is C20H25NO3. The van der Waals surface area contributed by atoms with Gasteiger partial charge in [0, 0.05) is 5.56 Å². The molecule has 1 N–H and O–H groups in total. The number of carbonyl (C=O) groups is 1. The number of hydrogen-bond acceptors (Lipinski definition) is 3. The van der Waals surface area contributed by atoms with Gasteiger partial charge in [-0.25, -0.2) is 0 Å². The van der Waals surface area contributed by atoms with Crippen LogP contribution in [0.4, 0.5) is 0 Å². The second kappa shape index (κ2) is 8.96. The van der Waals surface area contributed by atoms with E-state index in [0.29, 0.717) is 25.3 Å². The van der Waals surface area contributed by atoms with Crippen molar-refractivity contribution in [3.05, 3.63) is 59.2 Å². The predicted octanol–water partition coefficient (Wildman–Crippen LogP) is 3.90. The molecule has 0 fully saturated rings. The molecule has 128 valence electrons. The average molecular weight is 327 g/mol. The highest BCUT2D eigenvalue weighted by atomic mass is 16.5. The van der Waals surface area contributed by atoms with Gasteiger partial charge in [0.15, 0.2) is 0 Å². The molecule has 0 aliphatic rings.